The van der Waals surface area contributed by atoms with Crippen LogP contribution in [0.25, 0.3) is 21.5 Å². The molecule has 0 saturated carbocycles. The van der Waals surface area contributed by atoms with Gasteiger partial charge < -0.3 is 30.2 Å². The van der Waals surface area contributed by atoms with Crippen LogP contribution in [0.5, 0.6) is 0 Å². The third-order valence-corrected chi connectivity index (χ3v) is 4.54. The van der Waals surface area contributed by atoms with Gasteiger partial charge in [0.25, 0.3) is 0 Å². The standard InChI is InChI=1S/C17H17F3N8O4/c18-17(19,20)16(30)23-3-1-2-9-5-28(15-13(9)14(21)24-7-25-15)12-4-10(11(6-29)32-12)31-8-26-27-22/h5,7,10-12,29H,3-4,6,8H2,(H,23,30)(H2,21,24,25)/t10-,11-,12-/m0/s1. The van der Waals surface area contributed by atoms with Crippen LogP contribution in [-0.2, 0) is 14.3 Å². The number of nitrogens with one attached hydrogen (secondary N) is 1. The molecule has 3 rings (SSSR count). The number of rotatable bonds is 6. The van der Waals surface area contributed by atoms with Crippen molar-refractivity contribution in [3.63, 3.8) is 0 Å². The second kappa shape index (κ2) is 9.71. The van der Waals surface area contributed by atoms with Gasteiger partial charge in [-0.25, -0.2) is 9.97 Å². The van der Waals surface area contributed by atoms with Gasteiger partial charge in [-0.3, -0.25) is 4.79 Å². The van der Waals surface area contributed by atoms with Crippen molar-refractivity contribution in [1.82, 2.24) is 19.9 Å². The number of nitrogens with two attached hydrogens (primary N) is 1. The van der Waals surface area contributed by atoms with Crippen LogP contribution < -0.4 is 11.1 Å². The summed E-state index contributed by atoms with van der Waals surface area (Å²) in [7, 11) is 0. The number of alkyl halides is 3. The number of nitrogens with zero attached hydrogens (tertiary/aromatic N) is 6. The molecule has 4 N–H and O–H groups in total. The first-order valence-electron chi connectivity index (χ1n) is 9.10. The lowest BCUT2D eigenvalue weighted by molar-refractivity contribution is -0.173. The summed E-state index contributed by atoms with van der Waals surface area (Å²) in [6.07, 6.45) is -3.89. The molecule has 1 aliphatic rings. The largest absolute Gasteiger partial charge is 0.471 e. The lowest BCUT2D eigenvalue weighted by Gasteiger charge is -2.15. The van der Waals surface area contributed by atoms with Gasteiger partial charge in [0.1, 0.15) is 36.9 Å². The van der Waals surface area contributed by atoms with Crippen LogP contribution in [0.15, 0.2) is 17.6 Å². The molecule has 2 aromatic heterocycles. The molecule has 32 heavy (non-hydrogen) atoms. The molecule has 12 nitrogen and oxygen atoms in total. The second-order valence-electron chi connectivity index (χ2n) is 6.50. The van der Waals surface area contributed by atoms with Crippen LogP contribution in [-0.4, -0.2) is 63.8 Å². The van der Waals surface area contributed by atoms with Crippen LogP contribution in [0.1, 0.15) is 18.2 Å². The Balaban J connectivity index is 1.85. The summed E-state index contributed by atoms with van der Waals surface area (Å²) in [5, 5.41) is 14.9. The highest BCUT2D eigenvalue weighted by atomic mass is 19.4. The van der Waals surface area contributed by atoms with E-state index in [2.05, 4.69) is 31.8 Å². The molecular formula is C17H17F3N8O4. The van der Waals surface area contributed by atoms with E-state index in [1.807, 2.05) is 0 Å². The SMILES string of the molecule is [N-]=[N+]=NCO[C@H]1C[C@@H](n2cc(C#CCNC(=O)C(F)(F)F)c3c(N)ncnc32)O[C@H]1CO. The average Bonchev–Trinajstić information content (AvgIpc) is 3.32. The van der Waals surface area contributed by atoms with Crippen molar-refractivity contribution in [2.45, 2.75) is 31.0 Å². The maximum absolute atomic E-state index is 12.3. The van der Waals surface area contributed by atoms with Crippen molar-refractivity contribution in [3.8, 4) is 11.8 Å². The summed E-state index contributed by atoms with van der Waals surface area (Å²) < 4.78 is 49.6. The Hall–Kier alpha value is -3.57. The molecule has 0 aliphatic carbocycles. The molecule has 2 aromatic rings. The Morgan fingerprint density at radius 1 is 1.53 bits per heavy atom. The Morgan fingerprint density at radius 2 is 2.31 bits per heavy atom. The van der Waals surface area contributed by atoms with Crippen LogP contribution in [0.3, 0.4) is 0 Å². The van der Waals surface area contributed by atoms with Crippen LogP contribution in [0, 0.1) is 11.8 Å². The minimum atomic E-state index is -5.00. The molecule has 1 fully saturated rings. The van der Waals surface area contributed by atoms with E-state index in [4.69, 9.17) is 20.7 Å². The van der Waals surface area contributed by atoms with Gasteiger partial charge in [-0.2, -0.15) is 13.2 Å². The fourth-order valence-electron chi connectivity index (χ4n) is 3.15. The van der Waals surface area contributed by atoms with Crippen molar-refractivity contribution in [1.29, 1.82) is 0 Å². The molecule has 3 heterocycles. The van der Waals surface area contributed by atoms with E-state index in [0.29, 0.717) is 16.6 Å². The predicted molar refractivity (Wildman–Crippen MR) is 102 cm³/mol. The second-order valence-corrected chi connectivity index (χ2v) is 6.50. The summed E-state index contributed by atoms with van der Waals surface area (Å²) in [6, 6.07) is 0. The molecule has 3 atom stereocenters. The number of fused-ring (bicyclic) bond motifs is 1. The topological polar surface area (TPSA) is 173 Å². The molecule has 1 saturated heterocycles. The molecule has 1 amide bonds. The summed E-state index contributed by atoms with van der Waals surface area (Å²) >= 11 is 0. The van der Waals surface area contributed by atoms with Gasteiger partial charge in [0.05, 0.1) is 30.2 Å². The summed E-state index contributed by atoms with van der Waals surface area (Å²) in [5.74, 6) is 3.08. The van der Waals surface area contributed by atoms with Crippen molar-refractivity contribution in [2.24, 2.45) is 5.11 Å². The minimum absolute atomic E-state index is 0.0882. The fourth-order valence-corrected chi connectivity index (χ4v) is 3.15. The number of aliphatic hydroxyl groups is 1. The van der Waals surface area contributed by atoms with Crippen LogP contribution in [0.2, 0.25) is 0 Å². The summed E-state index contributed by atoms with van der Waals surface area (Å²) in [5.41, 5.74) is 15.0. The number of amides is 1. The van der Waals surface area contributed by atoms with Gasteiger partial charge >= 0.3 is 12.1 Å². The first kappa shape index (κ1) is 23.1. The fraction of sp³-hybridized carbons (Fsp3) is 0.471. The lowest BCUT2D eigenvalue weighted by atomic mass is 10.2. The molecule has 0 bridgehead atoms. The zero-order valence-electron chi connectivity index (χ0n) is 16.3. The van der Waals surface area contributed by atoms with Crippen molar-refractivity contribution >= 4 is 22.8 Å². The smallest absolute Gasteiger partial charge is 0.394 e. The molecule has 0 radical (unpaired) electrons. The van der Waals surface area contributed by atoms with E-state index in [9.17, 15) is 23.1 Å². The molecule has 15 heteroatoms. The summed E-state index contributed by atoms with van der Waals surface area (Å²) in [6.45, 7) is -1.13. The van der Waals surface area contributed by atoms with Crippen molar-refractivity contribution in [2.75, 3.05) is 25.6 Å². The summed E-state index contributed by atoms with van der Waals surface area (Å²) in [4.78, 5) is 21.6. The van der Waals surface area contributed by atoms with E-state index in [1.165, 1.54) is 12.5 Å². The van der Waals surface area contributed by atoms with Gasteiger partial charge in [-0.05, 0) is 5.53 Å². The molecule has 0 aromatic carbocycles. The highest BCUT2D eigenvalue weighted by Crippen LogP contribution is 2.35. The van der Waals surface area contributed by atoms with E-state index in [1.54, 1.807) is 9.88 Å². The number of azide groups is 1. The Morgan fingerprint density at radius 3 is 3.00 bits per heavy atom. The zero-order chi connectivity index (χ0) is 23.3. The van der Waals surface area contributed by atoms with Gasteiger partial charge in [0.15, 0.2) is 0 Å². The third kappa shape index (κ3) is 5.01. The number of hydrogen-bond acceptors (Lipinski definition) is 8. The number of aromatic nitrogens is 3. The van der Waals surface area contributed by atoms with Gasteiger partial charge in [0, 0.05) is 17.5 Å². The molecule has 1 aliphatic heterocycles. The monoisotopic (exact) mass is 454 g/mol. The number of hydrogen-bond donors (Lipinski definition) is 3. The lowest BCUT2D eigenvalue weighted by Crippen LogP contribution is -2.36. The normalized spacial score (nSPS) is 20.4. The van der Waals surface area contributed by atoms with Crippen LogP contribution >= 0.6 is 0 Å². The Kier molecular flexibility index (Phi) is 7.01. The molecular weight excluding hydrogens is 437 g/mol. The van der Waals surface area contributed by atoms with Gasteiger partial charge in [-0.1, -0.05) is 17.0 Å². The first-order valence-corrected chi connectivity index (χ1v) is 9.10. The quantitative estimate of drug-likeness (QED) is 0.252. The van der Waals surface area contributed by atoms with Gasteiger partial charge in [-0.15, -0.1) is 0 Å². The number of ether oxygens (including phenoxy) is 2. The van der Waals surface area contributed by atoms with E-state index in [0.717, 1.165) is 0 Å². The third-order valence-electron chi connectivity index (χ3n) is 4.54. The highest BCUT2D eigenvalue weighted by molar-refractivity contribution is 5.92. The maximum atomic E-state index is 12.3. The van der Waals surface area contributed by atoms with Gasteiger partial charge in [0.2, 0.25) is 0 Å². The molecule has 170 valence electrons. The molecule has 0 unspecified atom stereocenters. The first-order chi connectivity index (χ1) is 15.3. The Labute approximate surface area is 178 Å². The van der Waals surface area contributed by atoms with Crippen molar-refractivity contribution in [3.05, 3.63) is 28.5 Å². The van der Waals surface area contributed by atoms with E-state index < -0.39 is 37.1 Å². The molecule has 0 spiro atoms. The van der Waals surface area contributed by atoms with E-state index >= 15 is 0 Å². The number of halogens is 3. The predicted octanol–water partition coefficient (Wildman–Crippen LogP) is 0.976. The van der Waals surface area contributed by atoms with Crippen LogP contribution in [0.4, 0.5) is 19.0 Å². The number of nitrogen functional groups attached to an aromatic ring is 1. The average molecular weight is 454 g/mol. The zero-order valence-corrected chi connectivity index (χ0v) is 16.3. The number of aliphatic hydroxyl groups excluding tert-OH is 1. The number of anilines is 1. The minimum Gasteiger partial charge on any atom is -0.394 e. The highest BCUT2D eigenvalue weighted by Gasteiger charge is 2.38. The van der Waals surface area contributed by atoms with E-state index in [-0.39, 0.29) is 25.6 Å². The van der Waals surface area contributed by atoms with Crippen molar-refractivity contribution < 1.29 is 32.5 Å². The Bertz CT molecular complexity index is 1100. The maximum Gasteiger partial charge on any atom is 0.471 e. The number of carbonyl (C=O) groups excluding carboxylic acids is 1. The number of carbonyl (C=O) groups is 1.